The highest BCUT2D eigenvalue weighted by molar-refractivity contribution is 7.89. The summed E-state index contributed by atoms with van der Waals surface area (Å²) in [7, 11) is -0.807. The second kappa shape index (κ2) is 6.50. The number of benzene rings is 1. The molecule has 1 aliphatic rings. The van der Waals surface area contributed by atoms with E-state index < -0.39 is 10.0 Å². The molecule has 4 rings (SSSR count). The number of hydrogen-bond acceptors (Lipinski definition) is 6. The third-order valence-electron chi connectivity index (χ3n) is 4.73. The fraction of sp³-hybridized carbons (Fsp3) is 0.333. The van der Waals surface area contributed by atoms with Crippen LogP contribution in [0.4, 0.5) is 0 Å². The van der Waals surface area contributed by atoms with E-state index in [1.165, 1.54) is 24.6 Å². The molecule has 2 aromatic heterocycles. The Bertz CT molecular complexity index is 1120. The normalized spacial score (nSPS) is 14.9. The number of hydrogen-bond donors (Lipinski definition) is 0. The van der Waals surface area contributed by atoms with Gasteiger partial charge in [0, 0.05) is 43.4 Å². The largest absolute Gasteiger partial charge is 0.497 e. The van der Waals surface area contributed by atoms with Crippen LogP contribution in [0.25, 0.3) is 5.65 Å². The molecule has 0 unspecified atom stereocenters. The Balaban J connectivity index is 1.74. The molecule has 1 aliphatic heterocycles. The lowest BCUT2D eigenvalue weighted by Gasteiger charge is -2.28. The highest BCUT2D eigenvalue weighted by atomic mass is 32.2. The van der Waals surface area contributed by atoms with Gasteiger partial charge in [-0.1, -0.05) is 0 Å². The first-order valence-electron chi connectivity index (χ1n) is 8.49. The van der Waals surface area contributed by atoms with Crippen LogP contribution in [0.15, 0.2) is 35.4 Å². The van der Waals surface area contributed by atoms with Crippen molar-refractivity contribution in [2.75, 3.05) is 20.8 Å². The lowest BCUT2D eigenvalue weighted by atomic mass is 10.1. The van der Waals surface area contributed by atoms with Gasteiger partial charge in [0.2, 0.25) is 10.0 Å². The average Bonchev–Trinajstić information content (AvgIpc) is 3.07. The Labute approximate surface area is 157 Å². The van der Waals surface area contributed by atoms with Gasteiger partial charge in [-0.15, -0.1) is 0 Å². The van der Waals surface area contributed by atoms with E-state index in [2.05, 4.69) is 10.1 Å². The Morgan fingerprint density at radius 1 is 1.15 bits per heavy atom. The molecule has 0 fully saturated rings. The monoisotopic (exact) mass is 388 g/mol. The summed E-state index contributed by atoms with van der Waals surface area (Å²) in [5.41, 5.74) is 3.50. The summed E-state index contributed by atoms with van der Waals surface area (Å²) >= 11 is 0. The van der Waals surface area contributed by atoms with Gasteiger partial charge in [-0.25, -0.2) is 17.9 Å². The van der Waals surface area contributed by atoms with Gasteiger partial charge in [0.1, 0.15) is 16.4 Å². The summed E-state index contributed by atoms with van der Waals surface area (Å²) in [5, 5.41) is 4.47. The minimum Gasteiger partial charge on any atom is -0.497 e. The van der Waals surface area contributed by atoms with Crippen molar-refractivity contribution in [2.24, 2.45) is 0 Å². The zero-order valence-corrected chi connectivity index (χ0v) is 16.2. The number of rotatable bonds is 4. The van der Waals surface area contributed by atoms with E-state index in [0.717, 1.165) is 22.6 Å². The fourth-order valence-corrected chi connectivity index (χ4v) is 4.95. The number of sulfonamides is 1. The zero-order chi connectivity index (χ0) is 19.2. The molecule has 8 nitrogen and oxygen atoms in total. The molecule has 0 amide bonds. The van der Waals surface area contributed by atoms with Crippen molar-refractivity contribution in [3.63, 3.8) is 0 Å². The summed E-state index contributed by atoms with van der Waals surface area (Å²) in [6.45, 7) is 2.50. The maximum absolute atomic E-state index is 13.3. The highest BCUT2D eigenvalue weighted by Gasteiger charge is 2.32. The Morgan fingerprint density at radius 3 is 2.70 bits per heavy atom. The van der Waals surface area contributed by atoms with Gasteiger partial charge < -0.3 is 9.47 Å². The van der Waals surface area contributed by atoms with Crippen LogP contribution in [0.1, 0.15) is 17.0 Å². The Hall–Kier alpha value is -2.65. The lowest BCUT2D eigenvalue weighted by molar-refractivity contribution is 0.369. The fourth-order valence-electron chi connectivity index (χ4n) is 3.36. The molecule has 0 saturated heterocycles. The van der Waals surface area contributed by atoms with Crippen molar-refractivity contribution in [1.82, 2.24) is 18.9 Å². The highest BCUT2D eigenvalue weighted by Crippen LogP contribution is 2.33. The number of aryl methyl sites for hydroxylation is 1. The van der Waals surface area contributed by atoms with Gasteiger partial charge in [0.05, 0.1) is 25.6 Å². The Morgan fingerprint density at radius 2 is 1.96 bits per heavy atom. The third kappa shape index (κ3) is 2.92. The molecule has 9 heteroatoms. The molecule has 142 valence electrons. The molecule has 0 radical (unpaired) electrons. The van der Waals surface area contributed by atoms with E-state index in [9.17, 15) is 8.42 Å². The van der Waals surface area contributed by atoms with E-state index in [0.29, 0.717) is 18.7 Å². The zero-order valence-electron chi connectivity index (χ0n) is 15.3. The van der Waals surface area contributed by atoms with Crippen molar-refractivity contribution in [1.29, 1.82) is 0 Å². The molecule has 0 N–H and O–H groups in total. The quantitative estimate of drug-likeness (QED) is 0.677. The van der Waals surface area contributed by atoms with Gasteiger partial charge in [-0.3, -0.25) is 0 Å². The van der Waals surface area contributed by atoms with E-state index in [4.69, 9.17) is 9.47 Å². The van der Waals surface area contributed by atoms with Crippen molar-refractivity contribution >= 4 is 15.7 Å². The van der Waals surface area contributed by atoms with Crippen molar-refractivity contribution in [2.45, 2.75) is 24.8 Å². The molecule has 0 saturated carbocycles. The number of ether oxygens (including phenoxy) is 2. The molecular formula is C18H20N4O4S. The van der Waals surface area contributed by atoms with Crippen LogP contribution in [0, 0.1) is 6.92 Å². The molecule has 27 heavy (non-hydrogen) atoms. The van der Waals surface area contributed by atoms with Crippen LogP contribution < -0.4 is 9.47 Å². The summed E-state index contributed by atoms with van der Waals surface area (Å²) < 4.78 is 40.2. The van der Waals surface area contributed by atoms with Crippen molar-refractivity contribution < 1.29 is 17.9 Å². The predicted molar refractivity (Wildman–Crippen MR) is 98.6 cm³/mol. The van der Waals surface area contributed by atoms with Crippen molar-refractivity contribution in [3.05, 3.63) is 47.4 Å². The van der Waals surface area contributed by atoms with Gasteiger partial charge in [0.15, 0.2) is 5.65 Å². The molecule has 3 heterocycles. The molecule has 3 aromatic rings. The van der Waals surface area contributed by atoms with Gasteiger partial charge in [-0.2, -0.15) is 9.40 Å². The van der Waals surface area contributed by atoms with Crippen LogP contribution in [0.2, 0.25) is 0 Å². The third-order valence-corrected chi connectivity index (χ3v) is 6.59. The maximum atomic E-state index is 13.3. The van der Waals surface area contributed by atoms with Crippen LogP contribution in [0.3, 0.4) is 0 Å². The molecule has 1 aromatic carbocycles. The standard InChI is InChI=1S/C18H20N4O4S/c1-12-8-18-19-10-13-11-21(7-6-15(13)22(18)20-12)27(23,24)17-9-14(25-2)4-5-16(17)26-3/h4-5,8-10H,6-7,11H2,1-3H3. The van der Waals surface area contributed by atoms with Gasteiger partial charge in [0.25, 0.3) is 0 Å². The first-order chi connectivity index (χ1) is 12.9. The van der Waals surface area contributed by atoms with E-state index in [-0.39, 0.29) is 17.2 Å². The summed E-state index contributed by atoms with van der Waals surface area (Å²) in [6.07, 6.45) is 2.29. The van der Waals surface area contributed by atoms with Crippen LogP contribution in [-0.2, 0) is 23.0 Å². The molecule has 0 spiro atoms. The second-order valence-electron chi connectivity index (χ2n) is 6.39. The predicted octanol–water partition coefficient (Wildman–Crippen LogP) is 1.80. The molecule has 0 atom stereocenters. The van der Waals surface area contributed by atoms with Crippen molar-refractivity contribution in [3.8, 4) is 11.5 Å². The molecular weight excluding hydrogens is 368 g/mol. The number of aromatic nitrogens is 3. The summed E-state index contributed by atoms with van der Waals surface area (Å²) in [5.74, 6) is 0.750. The molecule has 0 aliphatic carbocycles. The minimum atomic E-state index is -3.76. The molecule has 0 bridgehead atoms. The van der Waals surface area contributed by atoms with Crippen LogP contribution in [0.5, 0.6) is 11.5 Å². The minimum absolute atomic E-state index is 0.0942. The van der Waals surface area contributed by atoms with E-state index >= 15 is 0 Å². The number of methoxy groups -OCH3 is 2. The topological polar surface area (TPSA) is 86.0 Å². The maximum Gasteiger partial charge on any atom is 0.247 e. The average molecular weight is 388 g/mol. The first-order valence-corrected chi connectivity index (χ1v) is 9.93. The smallest absolute Gasteiger partial charge is 0.247 e. The van der Waals surface area contributed by atoms with E-state index in [1.807, 2.05) is 13.0 Å². The first kappa shape index (κ1) is 17.7. The summed E-state index contributed by atoms with van der Waals surface area (Å²) in [6, 6.07) is 6.66. The van der Waals surface area contributed by atoms with E-state index in [1.54, 1.807) is 22.8 Å². The van der Waals surface area contributed by atoms with Crippen LogP contribution >= 0.6 is 0 Å². The SMILES string of the molecule is COc1ccc(OC)c(S(=O)(=O)N2CCc3c(cnc4cc(C)nn34)C2)c1. The lowest BCUT2D eigenvalue weighted by Crippen LogP contribution is -2.37. The van der Waals surface area contributed by atoms with Gasteiger partial charge in [-0.05, 0) is 19.1 Å². The van der Waals surface area contributed by atoms with Gasteiger partial charge >= 0.3 is 0 Å². The second-order valence-corrected chi connectivity index (χ2v) is 8.30. The summed E-state index contributed by atoms with van der Waals surface area (Å²) in [4.78, 5) is 4.49. The Kier molecular flexibility index (Phi) is 4.27. The van der Waals surface area contributed by atoms with Crippen LogP contribution in [-0.4, -0.2) is 48.1 Å². The number of nitrogens with zero attached hydrogens (tertiary/aromatic N) is 4. The number of fused-ring (bicyclic) bond motifs is 3.